The summed E-state index contributed by atoms with van der Waals surface area (Å²) in [6, 6.07) is 0.655. The summed E-state index contributed by atoms with van der Waals surface area (Å²) in [7, 11) is 1.43. The number of hydrogen-bond acceptors (Lipinski definition) is 4. The SMILES string of the molecule is CCSCCC(C)NC(C)CC(=O)OC. The molecule has 0 amide bonds. The van der Waals surface area contributed by atoms with Crippen molar-refractivity contribution in [2.75, 3.05) is 18.6 Å². The van der Waals surface area contributed by atoms with Crippen LogP contribution in [0.25, 0.3) is 0 Å². The fourth-order valence-corrected chi connectivity index (χ4v) is 2.17. The lowest BCUT2D eigenvalue weighted by molar-refractivity contribution is -0.141. The number of thioether (sulfide) groups is 1. The molecule has 2 unspecified atom stereocenters. The van der Waals surface area contributed by atoms with Crippen LogP contribution in [0.2, 0.25) is 0 Å². The molecule has 0 radical (unpaired) electrons. The van der Waals surface area contributed by atoms with Crippen LogP contribution >= 0.6 is 11.8 Å². The molecule has 0 bridgehead atoms. The first-order chi connectivity index (χ1) is 7.10. The first-order valence-electron chi connectivity index (χ1n) is 5.50. The van der Waals surface area contributed by atoms with E-state index in [1.165, 1.54) is 18.6 Å². The van der Waals surface area contributed by atoms with E-state index in [0.717, 1.165) is 6.42 Å². The maximum atomic E-state index is 11.0. The van der Waals surface area contributed by atoms with Gasteiger partial charge in [-0.2, -0.15) is 11.8 Å². The number of methoxy groups -OCH3 is 1. The van der Waals surface area contributed by atoms with Crippen LogP contribution in [0, 0.1) is 0 Å². The monoisotopic (exact) mass is 233 g/mol. The second-order valence-corrected chi connectivity index (χ2v) is 5.13. The number of ether oxygens (including phenoxy) is 1. The van der Waals surface area contributed by atoms with Gasteiger partial charge in [-0.15, -0.1) is 0 Å². The maximum absolute atomic E-state index is 11.0. The van der Waals surface area contributed by atoms with E-state index < -0.39 is 0 Å². The molecule has 0 fully saturated rings. The van der Waals surface area contributed by atoms with Crippen molar-refractivity contribution in [3.63, 3.8) is 0 Å². The molecule has 0 aliphatic rings. The first kappa shape index (κ1) is 14.8. The highest BCUT2D eigenvalue weighted by Crippen LogP contribution is 2.05. The smallest absolute Gasteiger partial charge is 0.307 e. The fourth-order valence-electron chi connectivity index (χ4n) is 1.37. The van der Waals surface area contributed by atoms with E-state index in [2.05, 4.69) is 23.9 Å². The van der Waals surface area contributed by atoms with Crippen molar-refractivity contribution < 1.29 is 9.53 Å². The Bertz CT molecular complexity index is 176. The van der Waals surface area contributed by atoms with Gasteiger partial charge in [-0.3, -0.25) is 4.79 Å². The third kappa shape index (κ3) is 8.75. The Hall–Kier alpha value is -0.220. The Labute approximate surface area is 97.3 Å². The Morgan fingerprint density at radius 1 is 1.40 bits per heavy atom. The Kier molecular flexibility index (Phi) is 8.91. The summed E-state index contributed by atoms with van der Waals surface area (Å²) < 4.78 is 4.62. The van der Waals surface area contributed by atoms with E-state index in [4.69, 9.17) is 0 Å². The van der Waals surface area contributed by atoms with E-state index in [1.54, 1.807) is 0 Å². The van der Waals surface area contributed by atoms with Crippen LogP contribution in [0.5, 0.6) is 0 Å². The molecule has 0 saturated carbocycles. The van der Waals surface area contributed by atoms with Crippen molar-refractivity contribution in [3.05, 3.63) is 0 Å². The summed E-state index contributed by atoms with van der Waals surface area (Å²) in [5, 5.41) is 3.39. The van der Waals surface area contributed by atoms with Crippen molar-refractivity contribution in [3.8, 4) is 0 Å². The lowest BCUT2D eigenvalue weighted by atomic mass is 10.2. The van der Waals surface area contributed by atoms with Gasteiger partial charge in [0.05, 0.1) is 13.5 Å². The van der Waals surface area contributed by atoms with Gasteiger partial charge in [-0.05, 0) is 31.8 Å². The molecule has 0 aromatic heterocycles. The van der Waals surface area contributed by atoms with E-state index in [-0.39, 0.29) is 12.0 Å². The van der Waals surface area contributed by atoms with Crippen LogP contribution in [0.1, 0.15) is 33.6 Å². The van der Waals surface area contributed by atoms with Crippen molar-refractivity contribution >= 4 is 17.7 Å². The molecule has 15 heavy (non-hydrogen) atoms. The topological polar surface area (TPSA) is 38.3 Å². The van der Waals surface area contributed by atoms with Gasteiger partial charge in [0.25, 0.3) is 0 Å². The molecular weight excluding hydrogens is 210 g/mol. The number of hydrogen-bond donors (Lipinski definition) is 1. The zero-order valence-electron chi connectivity index (χ0n) is 10.2. The normalized spacial score (nSPS) is 14.7. The molecule has 4 heteroatoms. The number of carbonyl (C=O) groups excluding carboxylic acids is 1. The van der Waals surface area contributed by atoms with Crippen LogP contribution in [0.15, 0.2) is 0 Å². The van der Waals surface area contributed by atoms with Crippen LogP contribution in [-0.2, 0) is 9.53 Å². The minimum absolute atomic E-state index is 0.148. The zero-order valence-corrected chi connectivity index (χ0v) is 11.0. The Morgan fingerprint density at radius 2 is 2.07 bits per heavy atom. The first-order valence-corrected chi connectivity index (χ1v) is 6.66. The van der Waals surface area contributed by atoms with Gasteiger partial charge in [0.15, 0.2) is 0 Å². The molecule has 0 heterocycles. The highest BCUT2D eigenvalue weighted by Gasteiger charge is 2.11. The van der Waals surface area contributed by atoms with Crippen molar-refractivity contribution in [1.29, 1.82) is 0 Å². The summed E-state index contributed by atoms with van der Waals surface area (Å²) in [4.78, 5) is 11.0. The van der Waals surface area contributed by atoms with E-state index >= 15 is 0 Å². The van der Waals surface area contributed by atoms with E-state index in [1.807, 2.05) is 18.7 Å². The molecular formula is C11H23NO2S. The number of nitrogens with one attached hydrogen (secondary N) is 1. The maximum Gasteiger partial charge on any atom is 0.307 e. The second-order valence-electron chi connectivity index (χ2n) is 3.73. The Morgan fingerprint density at radius 3 is 2.60 bits per heavy atom. The molecule has 0 aliphatic heterocycles. The third-order valence-electron chi connectivity index (χ3n) is 2.17. The second kappa shape index (κ2) is 9.04. The van der Waals surface area contributed by atoms with Crippen LogP contribution < -0.4 is 5.32 Å². The predicted octanol–water partition coefficient (Wildman–Crippen LogP) is 2.06. The quantitative estimate of drug-likeness (QED) is 0.514. The minimum Gasteiger partial charge on any atom is -0.469 e. The zero-order chi connectivity index (χ0) is 11.7. The van der Waals surface area contributed by atoms with Crippen molar-refractivity contribution in [1.82, 2.24) is 5.32 Å². The van der Waals surface area contributed by atoms with E-state index in [9.17, 15) is 4.79 Å². The Balaban J connectivity index is 3.56. The minimum atomic E-state index is -0.148. The summed E-state index contributed by atoms with van der Waals surface area (Å²) in [5.41, 5.74) is 0. The molecule has 0 rings (SSSR count). The molecule has 0 aromatic carbocycles. The number of rotatable bonds is 8. The molecule has 1 N–H and O–H groups in total. The third-order valence-corrected chi connectivity index (χ3v) is 3.10. The van der Waals surface area contributed by atoms with E-state index in [0.29, 0.717) is 12.5 Å². The fraction of sp³-hybridized carbons (Fsp3) is 0.909. The highest BCUT2D eigenvalue weighted by molar-refractivity contribution is 7.99. The number of esters is 1. The average Bonchev–Trinajstić information content (AvgIpc) is 2.17. The van der Waals surface area contributed by atoms with Gasteiger partial charge < -0.3 is 10.1 Å². The molecule has 0 spiro atoms. The van der Waals surface area contributed by atoms with Gasteiger partial charge >= 0.3 is 5.97 Å². The largest absolute Gasteiger partial charge is 0.469 e. The van der Waals surface area contributed by atoms with Gasteiger partial charge in [0, 0.05) is 12.1 Å². The molecule has 2 atom stereocenters. The van der Waals surface area contributed by atoms with Gasteiger partial charge in [-0.25, -0.2) is 0 Å². The van der Waals surface area contributed by atoms with Gasteiger partial charge in [0.1, 0.15) is 0 Å². The summed E-state index contributed by atoms with van der Waals surface area (Å²) >= 11 is 1.95. The molecule has 3 nitrogen and oxygen atoms in total. The van der Waals surface area contributed by atoms with Crippen molar-refractivity contribution in [2.24, 2.45) is 0 Å². The molecule has 0 aromatic rings. The van der Waals surface area contributed by atoms with Crippen LogP contribution in [0.3, 0.4) is 0 Å². The summed E-state index contributed by atoms with van der Waals surface area (Å²) in [5.74, 6) is 2.20. The standard InChI is InChI=1S/C11H23NO2S/c1-5-15-7-6-9(2)12-10(3)8-11(13)14-4/h9-10,12H,5-8H2,1-4H3. The van der Waals surface area contributed by atoms with Crippen LogP contribution in [0.4, 0.5) is 0 Å². The molecule has 0 aliphatic carbocycles. The lowest BCUT2D eigenvalue weighted by Gasteiger charge is -2.18. The van der Waals surface area contributed by atoms with Crippen molar-refractivity contribution in [2.45, 2.75) is 45.7 Å². The van der Waals surface area contributed by atoms with Crippen LogP contribution in [-0.4, -0.2) is 36.7 Å². The molecule has 90 valence electrons. The average molecular weight is 233 g/mol. The summed E-state index contributed by atoms with van der Waals surface area (Å²) in [6.07, 6.45) is 1.59. The number of carbonyl (C=O) groups is 1. The lowest BCUT2D eigenvalue weighted by Crippen LogP contribution is -2.36. The highest BCUT2D eigenvalue weighted by atomic mass is 32.2. The summed E-state index contributed by atoms with van der Waals surface area (Å²) in [6.45, 7) is 6.34. The predicted molar refractivity (Wildman–Crippen MR) is 66.3 cm³/mol. The molecule has 0 saturated heterocycles. The van der Waals surface area contributed by atoms with Gasteiger partial charge in [0.2, 0.25) is 0 Å². The van der Waals surface area contributed by atoms with Gasteiger partial charge in [-0.1, -0.05) is 6.92 Å².